The summed E-state index contributed by atoms with van der Waals surface area (Å²) in [5.41, 5.74) is 4.75. The number of aliphatic imine (C=N–C) groups is 1. The van der Waals surface area contributed by atoms with Gasteiger partial charge >= 0.3 is 0 Å². The Labute approximate surface area is 45.7 Å². The third kappa shape index (κ3) is 4.61. The largest absolute Gasteiger partial charge is 0.390 e. The van der Waals surface area contributed by atoms with Crippen LogP contribution in [0.4, 0.5) is 0 Å². The lowest BCUT2D eigenvalue weighted by Crippen LogP contribution is -1.86. The van der Waals surface area contributed by atoms with Crippen molar-refractivity contribution in [2.24, 2.45) is 10.7 Å². The van der Waals surface area contributed by atoms with E-state index < -0.39 is 4.92 Å². The SMILES string of the molecule is NC=N/C=C/[N+](=O)[O-]. The van der Waals surface area contributed by atoms with Gasteiger partial charge in [0.25, 0.3) is 6.20 Å². The van der Waals surface area contributed by atoms with E-state index in [1.165, 1.54) is 0 Å². The molecule has 0 bridgehead atoms. The Morgan fingerprint density at radius 3 is 2.75 bits per heavy atom. The first kappa shape index (κ1) is 6.61. The maximum Gasteiger partial charge on any atom is 0.252 e. The second kappa shape index (κ2) is 3.79. The second-order valence-corrected chi connectivity index (χ2v) is 0.882. The molecule has 0 atom stereocenters. The molecule has 5 nitrogen and oxygen atoms in total. The second-order valence-electron chi connectivity index (χ2n) is 0.882. The normalized spacial score (nSPS) is 11.0. The van der Waals surface area contributed by atoms with Crippen LogP contribution in [0.5, 0.6) is 0 Å². The summed E-state index contributed by atoms with van der Waals surface area (Å²) in [7, 11) is 0. The van der Waals surface area contributed by atoms with Crippen molar-refractivity contribution in [3.05, 3.63) is 22.5 Å². The van der Waals surface area contributed by atoms with Gasteiger partial charge in [0.2, 0.25) is 0 Å². The van der Waals surface area contributed by atoms with Gasteiger partial charge in [0.05, 0.1) is 17.5 Å². The number of hydrogen-bond donors (Lipinski definition) is 1. The van der Waals surface area contributed by atoms with Crippen molar-refractivity contribution >= 4 is 6.34 Å². The Kier molecular flexibility index (Phi) is 3.13. The first-order valence-corrected chi connectivity index (χ1v) is 1.81. The summed E-state index contributed by atoms with van der Waals surface area (Å²) in [5, 5.41) is 9.48. The van der Waals surface area contributed by atoms with Crippen LogP contribution in [0.2, 0.25) is 0 Å². The molecule has 0 aromatic heterocycles. The van der Waals surface area contributed by atoms with Crippen LogP contribution >= 0.6 is 0 Å². The highest BCUT2D eigenvalue weighted by atomic mass is 16.6. The third-order valence-corrected chi connectivity index (χ3v) is 0.361. The molecule has 0 aliphatic heterocycles. The van der Waals surface area contributed by atoms with Crippen LogP contribution in [-0.4, -0.2) is 11.3 Å². The van der Waals surface area contributed by atoms with Gasteiger partial charge in [0.15, 0.2) is 0 Å². The molecule has 0 heterocycles. The van der Waals surface area contributed by atoms with Gasteiger partial charge in [-0.25, -0.2) is 4.99 Å². The van der Waals surface area contributed by atoms with E-state index >= 15 is 0 Å². The lowest BCUT2D eigenvalue weighted by atomic mass is 10.9. The Balaban J connectivity index is 3.50. The summed E-state index contributed by atoms with van der Waals surface area (Å²) in [4.78, 5) is 12.1. The zero-order valence-corrected chi connectivity index (χ0v) is 4.02. The quantitative estimate of drug-likeness (QED) is 0.232. The minimum Gasteiger partial charge on any atom is -0.390 e. The summed E-state index contributed by atoms with van der Waals surface area (Å²) in [6, 6.07) is 0. The van der Waals surface area contributed by atoms with Crippen molar-refractivity contribution in [1.29, 1.82) is 0 Å². The molecule has 8 heavy (non-hydrogen) atoms. The summed E-state index contributed by atoms with van der Waals surface area (Å²) in [6.45, 7) is 0. The molecule has 0 saturated heterocycles. The van der Waals surface area contributed by atoms with Crippen LogP contribution in [0.3, 0.4) is 0 Å². The average molecular weight is 115 g/mol. The smallest absolute Gasteiger partial charge is 0.252 e. The van der Waals surface area contributed by atoms with E-state index in [-0.39, 0.29) is 0 Å². The summed E-state index contributed by atoms with van der Waals surface area (Å²) in [5.74, 6) is 0. The third-order valence-electron chi connectivity index (χ3n) is 0.361. The number of nitrogens with zero attached hydrogens (tertiary/aromatic N) is 2. The van der Waals surface area contributed by atoms with Gasteiger partial charge in [0, 0.05) is 0 Å². The topological polar surface area (TPSA) is 81.5 Å². The zero-order chi connectivity index (χ0) is 6.41. The molecule has 0 aliphatic rings. The number of rotatable bonds is 2. The molecular formula is C3H5N3O2. The van der Waals surface area contributed by atoms with Crippen LogP contribution in [0.15, 0.2) is 17.4 Å². The van der Waals surface area contributed by atoms with E-state index in [2.05, 4.69) is 4.99 Å². The molecule has 0 unspecified atom stereocenters. The molecule has 0 spiro atoms. The fourth-order valence-electron chi connectivity index (χ4n) is 0.143. The van der Waals surface area contributed by atoms with E-state index in [1.807, 2.05) is 0 Å². The minimum absolute atomic E-state index is 0.618. The van der Waals surface area contributed by atoms with Crippen LogP contribution in [0, 0.1) is 10.1 Å². The standard InChI is InChI=1S/C3H5N3O2/c4-3-5-1-2-6(7)8/h1-3H,(H2,4,5)/b2-1+. The zero-order valence-electron chi connectivity index (χ0n) is 4.02. The van der Waals surface area contributed by atoms with E-state index in [1.54, 1.807) is 0 Å². The van der Waals surface area contributed by atoms with E-state index in [0.29, 0.717) is 6.20 Å². The lowest BCUT2D eigenvalue weighted by molar-refractivity contribution is -0.402. The predicted octanol–water partition coefficient (Wildman–Crippen LogP) is -0.279. The Hall–Kier alpha value is -1.39. The summed E-state index contributed by atoms with van der Waals surface area (Å²) >= 11 is 0. The van der Waals surface area contributed by atoms with Crippen LogP contribution in [-0.2, 0) is 0 Å². The lowest BCUT2D eigenvalue weighted by Gasteiger charge is -1.71. The molecule has 0 radical (unpaired) electrons. The van der Waals surface area contributed by atoms with Gasteiger partial charge in [-0.15, -0.1) is 0 Å². The first-order valence-electron chi connectivity index (χ1n) is 1.81. The molecule has 0 aliphatic carbocycles. The van der Waals surface area contributed by atoms with Gasteiger partial charge in [-0.2, -0.15) is 0 Å². The van der Waals surface area contributed by atoms with E-state index in [4.69, 9.17) is 5.73 Å². The fourth-order valence-corrected chi connectivity index (χ4v) is 0.143. The van der Waals surface area contributed by atoms with Crippen molar-refractivity contribution in [2.75, 3.05) is 0 Å². The van der Waals surface area contributed by atoms with Crippen molar-refractivity contribution in [2.45, 2.75) is 0 Å². The van der Waals surface area contributed by atoms with Crippen LogP contribution in [0.25, 0.3) is 0 Å². The van der Waals surface area contributed by atoms with E-state index in [9.17, 15) is 10.1 Å². The van der Waals surface area contributed by atoms with Crippen molar-refractivity contribution < 1.29 is 4.92 Å². The molecule has 0 rings (SSSR count). The molecular weight excluding hydrogens is 110 g/mol. The van der Waals surface area contributed by atoms with Crippen molar-refractivity contribution in [1.82, 2.24) is 0 Å². The predicted molar refractivity (Wildman–Crippen MR) is 28.8 cm³/mol. The molecule has 0 saturated carbocycles. The van der Waals surface area contributed by atoms with Gasteiger partial charge in [-0.3, -0.25) is 10.1 Å². The van der Waals surface area contributed by atoms with E-state index in [0.717, 1.165) is 12.5 Å². The highest BCUT2D eigenvalue weighted by Crippen LogP contribution is 1.71. The first-order chi connectivity index (χ1) is 3.77. The average Bonchev–Trinajstić information content (AvgIpc) is 1.66. The van der Waals surface area contributed by atoms with Crippen molar-refractivity contribution in [3.8, 4) is 0 Å². The highest BCUT2D eigenvalue weighted by molar-refractivity contribution is 5.51. The molecule has 2 N–H and O–H groups in total. The highest BCUT2D eigenvalue weighted by Gasteiger charge is 1.77. The number of nitrogens with two attached hydrogens (primary N) is 1. The van der Waals surface area contributed by atoms with Crippen LogP contribution < -0.4 is 5.73 Å². The van der Waals surface area contributed by atoms with Crippen LogP contribution in [0.1, 0.15) is 0 Å². The van der Waals surface area contributed by atoms with Gasteiger partial charge in [-0.1, -0.05) is 0 Å². The van der Waals surface area contributed by atoms with Gasteiger partial charge in [-0.05, 0) is 0 Å². The Morgan fingerprint density at radius 1 is 1.75 bits per heavy atom. The maximum absolute atomic E-state index is 9.48. The molecule has 0 aromatic rings. The number of hydrogen-bond acceptors (Lipinski definition) is 3. The molecule has 0 aromatic carbocycles. The molecule has 0 fully saturated rings. The molecule has 0 amide bonds. The summed E-state index contributed by atoms with van der Waals surface area (Å²) in [6.07, 6.45) is 2.67. The van der Waals surface area contributed by atoms with Gasteiger partial charge < -0.3 is 5.73 Å². The summed E-state index contributed by atoms with van der Waals surface area (Å²) < 4.78 is 0. The maximum atomic E-state index is 9.48. The monoisotopic (exact) mass is 115 g/mol. The van der Waals surface area contributed by atoms with Gasteiger partial charge in [0.1, 0.15) is 0 Å². The number of nitro groups is 1. The molecule has 44 valence electrons. The Bertz CT molecular complexity index is 128. The fraction of sp³-hybridized carbons (Fsp3) is 0. The molecule has 5 heteroatoms. The van der Waals surface area contributed by atoms with Crippen molar-refractivity contribution in [3.63, 3.8) is 0 Å². The Morgan fingerprint density at radius 2 is 2.38 bits per heavy atom. The minimum atomic E-state index is -0.618.